The molecule has 1 saturated heterocycles. The molecule has 1 aromatic carbocycles. The van der Waals surface area contributed by atoms with Gasteiger partial charge in [-0.2, -0.15) is 0 Å². The summed E-state index contributed by atoms with van der Waals surface area (Å²) < 4.78 is 0. The first-order valence-electron chi connectivity index (χ1n) is 8.22. The summed E-state index contributed by atoms with van der Waals surface area (Å²) in [7, 11) is 1.84. The highest BCUT2D eigenvalue weighted by Gasteiger charge is 2.21. The molecule has 0 atom stereocenters. The number of benzene rings is 1. The molecular weight excluding hydrogens is 302 g/mol. The summed E-state index contributed by atoms with van der Waals surface area (Å²) >= 11 is 0. The highest BCUT2D eigenvalue weighted by atomic mass is 16.2. The van der Waals surface area contributed by atoms with Crippen molar-refractivity contribution in [3.8, 4) is 0 Å². The number of nitrogens with zero attached hydrogens (tertiary/aromatic N) is 5. The first-order valence-corrected chi connectivity index (χ1v) is 8.22. The molecule has 0 saturated carbocycles. The second-order valence-corrected chi connectivity index (χ2v) is 6.09. The van der Waals surface area contributed by atoms with Crippen LogP contribution in [0, 0.1) is 0 Å². The lowest BCUT2D eigenvalue weighted by Gasteiger charge is -2.34. The van der Waals surface area contributed by atoms with E-state index in [1.807, 2.05) is 49.8 Å². The van der Waals surface area contributed by atoms with Gasteiger partial charge in [-0.1, -0.05) is 18.2 Å². The third-order valence-electron chi connectivity index (χ3n) is 4.36. The number of carbonyl (C=O) groups is 1. The molecule has 0 spiro atoms. The summed E-state index contributed by atoms with van der Waals surface area (Å²) in [4.78, 5) is 26.9. The van der Waals surface area contributed by atoms with E-state index in [9.17, 15) is 4.79 Å². The van der Waals surface area contributed by atoms with Crippen LogP contribution in [0.4, 0.5) is 5.69 Å². The topological polar surface area (TPSA) is 52.6 Å². The largest absolute Gasteiger partial charge is 0.314 e. The van der Waals surface area contributed by atoms with Crippen molar-refractivity contribution in [2.75, 3.05) is 44.7 Å². The van der Waals surface area contributed by atoms with E-state index in [4.69, 9.17) is 0 Å². The Balaban J connectivity index is 1.46. The second kappa shape index (κ2) is 7.99. The van der Waals surface area contributed by atoms with E-state index in [1.165, 1.54) is 0 Å². The molecule has 0 N–H and O–H groups in total. The molecule has 0 unspecified atom stereocenters. The standard InChI is InChI=1S/C18H23N5O/c1-21(17-5-3-2-4-6-17)18(24)14-23-9-7-22(8-10-23)13-16-11-19-15-20-12-16/h2-6,11-12,15H,7-10,13-14H2,1H3. The minimum absolute atomic E-state index is 0.131. The molecule has 0 aliphatic carbocycles. The first-order chi connectivity index (χ1) is 11.7. The Hall–Kier alpha value is -2.31. The van der Waals surface area contributed by atoms with Crippen LogP contribution in [-0.4, -0.2) is 65.4 Å². The maximum atomic E-state index is 12.4. The lowest BCUT2D eigenvalue weighted by atomic mass is 10.2. The van der Waals surface area contributed by atoms with Crippen molar-refractivity contribution >= 4 is 11.6 Å². The predicted molar refractivity (Wildman–Crippen MR) is 93.6 cm³/mol. The quantitative estimate of drug-likeness (QED) is 0.828. The Bertz CT molecular complexity index is 641. The van der Waals surface area contributed by atoms with Gasteiger partial charge in [-0.3, -0.25) is 14.6 Å². The number of hydrogen-bond donors (Lipinski definition) is 0. The van der Waals surface area contributed by atoms with Crippen LogP contribution < -0.4 is 4.90 Å². The number of carbonyl (C=O) groups excluding carboxylic acids is 1. The smallest absolute Gasteiger partial charge is 0.240 e. The molecule has 24 heavy (non-hydrogen) atoms. The highest BCUT2D eigenvalue weighted by molar-refractivity contribution is 5.94. The normalized spacial score (nSPS) is 16.0. The number of piperazine rings is 1. The Morgan fingerprint density at radius 3 is 2.33 bits per heavy atom. The third-order valence-corrected chi connectivity index (χ3v) is 4.36. The molecule has 1 aliphatic rings. The third kappa shape index (κ3) is 4.37. The number of para-hydroxylation sites is 1. The van der Waals surface area contributed by atoms with Gasteiger partial charge in [0.15, 0.2) is 0 Å². The average Bonchev–Trinajstić information content (AvgIpc) is 2.64. The van der Waals surface area contributed by atoms with Gasteiger partial charge in [0.05, 0.1) is 6.54 Å². The summed E-state index contributed by atoms with van der Waals surface area (Å²) in [5.41, 5.74) is 2.07. The van der Waals surface area contributed by atoms with Crippen molar-refractivity contribution in [1.29, 1.82) is 0 Å². The minimum Gasteiger partial charge on any atom is -0.314 e. The maximum Gasteiger partial charge on any atom is 0.240 e. The number of aromatic nitrogens is 2. The molecule has 1 aromatic heterocycles. The highest BCUT2D eigenvalue weighted by Crippen LogP contribution is 2.12. The van der Waals surface area contributed by atoms with Crippen molar-refractivity contribution in [1.82, 2.24) is 19.8 Å². The second-order valence-electron chi connectivity index (χ2n) is 6.09. The van der Waals surface area contributed by atoms with Crippen LogP contribution in [-0.2, 0) is 11.3 Å². The van der Waals surface area contributed by atoms with Crippen LogP contribution in [0.25, 0.3) is 0 Å². The van der Waals surface area contributed by atoms with E-state index < -0.39 is 0 Å². The van der Waals surface area contributed by atoms with Gasteiger partial charge >= 0.3 is 0 Å². The number of anilines is 1. The molecule has 0 bridgehead atoms. The molecule has 2 aromatic rings. The van der Waals surface area contributed by atoms with Crippen molar-refractivity contribution < 1.29 is 4.79 Å². The van der Waals surface area contributed by atoms with Crippen LogP contribution >= 0.6 is 0 Å². The molecule has 6 heteroatoms. The van der Waals surface area contributed by atoms with Crippen molar-refractivity contribution in [2.24, 2.45) is 0 Å². The zero-order valence-corrected chi connectivity index (χ0v) is 14.0. The number of amides is 1. The van der Waals surface area contributed by atoms with Gasteiger partial charge in [0.1, 0.15) is 6.33 Å². The van der Waals surface area contributed by atoms with E-state index in [1.54, 1.807) is 11.2 Å². The number of hydrogen-bond acceptors (Lipinski definition) is 5. The van der Waals surface area contributed by atoms with Crippen molar-refractivity contribution in [3.63, 3.8) is 0 Å². The van der Waals surface area contributed by atoms with Crippen LogP contribution in [0.15, 0.2) is 49.1 Å². The fraction of sp³-hybridized carbons (Fsp3) is 0.389. The van der Waals surface area contributed by atoms with Gasteiger partial charge in [0, 0.05) is 63.4 Å². The SMILES string of the molecule is CN(C(=O)CN1CCN(Cc2cncnc2)CC1)c1ccccc1. The maximum absolute atomic E-state index is 12.4. The van der Waals surface area contributed by atoms with Crippen LogP contribution in [0.1, 0.15) is 5.56 Å². The molecule has 1 amide bonds. The molecule has 2 heterocycles. The molecule has 3 rings (SSSR count). The number of likely N-dealkylation sites (N-methyl/N-ethyl adjacent to an activating group) is 1. The Morgan fingerprint density at radius 2 is 1.67 bits per heavy atom. The van der Waals surface area contributed by atoms with Gasteiger partial charge in [-0.25, -0.2) is 9.97 Å². The van der Waals surface area contributed by atoms with E-state index in [2.05, 4.69) is 19.8 Å². The molecular formula is C18H23N5O. The Labute approximate surface area is 142 Å². The molecule has 1 aliphatic heterocycles. The summed E-state index contributed by atoms with van der Waals surface area (Å²) in [6.07, 6.45) is 5.27. The van der Waals surface area contributed by atoms with Crippen molar-refractivity contribution in [3.05, 3.63) is 54.6 Å². The van der Waals surface area contributed by atoms with Gasteiger partial charge < -0.3 is 4.90 Å². The Kier molecular flexibility index (Phi) is 5.51. The van der Waals surface area contributed by atoms with Crippen LogP contribution in [0.3, 0.4) is 0 Å². The van der Waals surface area contributed by atoms with Crippen molar-refractivity contribution in [2.45, 2.75) is 6.54 Å². The van der Waals surface area contributed by atoms with E-state index >= 15 is 0 Å². The van der Waals surface area contributed by atoms with E-state index in [0.717, 1.165) is 44.0 Å². The molecule has 126 valence electrons. The summed E-state index contributed by atoms with van der Waals surface area (Å²) in [6, 6.07) is 9.77. The molecule has 0 radical (unpaired) electrons. The number of rotatable bonds is 5. The van der Waals surface area contributed by atoms with Crippen LogP contribution in [0.2, 0.25) is 0 Å². The summed E-state index contributed by atoms with van der Waals surface area (Å²) in [6.45, 7) is 5.05. The van der Waals surface area contributed by atoms with Gasteiger partial charge in [0.2, 0.25) is 5.91 Å². The van der Waals surface area contributed by atoms with Crippen LogP contribution in [0.5, 0.6) is 0 Å². The summed E-state index contributed by atoms with van der Waals surface area (Å²) in [5.74, 6) is 0.131. The predicted octanol–water partition coefficient (Wildman–Crippen LogP) is 1.26. The lowest BCUT2D eigenvalue weighted by molar-refractivity contribution is -0.119. The van der Waals surface area contributed by atoms with Gasteiger partial charge in [0.25, 0.3) is 0 Å². The van der Waals surface area contributed by atoms with E-state index in [0.29, 0.717) is 6.54 Å². The monoisotopic (exact) mass is 325 g/mol. The average molecular weight is 325 g/mol. The first kappa shape index (κ1) is 16.5. The Morgan fingerprint density at radius 1 is 1.04 bits per heavy atom. The van der Waals surface area contributed by atoms with E-state index in [-0.39, 0.29) is 5.91 Å². The zero-order chi connectivity index (χ0) is 16.8. The summed E-state index contributed by atoms with van der Waals surface area (Å²) in [5, 5.41) is 0. The zero-order valence-electron chi connectivity index (χ0n) is 14.0. The molecule has 6 nitrogen and oxygen atoms in total. The minimum atomic E-state index is 0.131. The lowest BCUT2D eigenvalue weighted by Crippen LogP contribution is -2.49. The molecule has 1 fully saturated rings. The van der Waals surface area contributed by atoms with Gasteiger partial charge in [-0.05, 0) is 12.1 Å². The fourth-order valence-electron chi connectivity index (χ4n) is 2.87. The fourth-order valence-corrected chi connectivity index (χ4v) is 2.87. The van der Waals surface area contributed by atoms with Gasteiger partial charge in [-0.15, -0.1) is 0 Å².